The summed E-state index contributed by atoms with van der Waals surface area (Å²) in [6.45, 7) is 0.857. The zero-order valence-electron chi connectivity index (χ0n) is 12.6. The van der Waals surface area contributed by atoms with Crippen molar-refractivity contribution in [3.05, 3.63) is 34.6 Å². The Hall–Kier alpha value is -1.66. The first-order valence-electron chi connectivity index (χ1n) is 7.55. The first-order valence-corrected chi connectivity index (χ1v) is 7.93. The summed E-state index contributed by atoms with van der Waals surface area (Å²) in [5.41, 5.74) is 0.593. The van der Waals surface area contributed by atoms with Crippen molar-refractivity contribution in [2.75, 3.05) is 13.2 Å². The summed E-state index contributed by atoms with van der Waals surface area (Å²) in [5, 5.41) is 11.4. The number of carboxylic acids is 1. The Morgan fingerprint density at radius 2 is 2.17 bits per heavy atom. The lowest BCUT2D eigenvalue weighted by Gasteiger charge is -2.18. The largest absolute Gasteiger partial charge is 0.481 e. The molecule has 126 valence electrons. The Morgan fingerprint density at radius 1 is 1.39 bits per heavy atom. The maximum absolute atomic E-state index is 13.6. The lowest BCUT2D eigenvalue weighted by molar-refractivity contribution is -0.137. The van der Waals surface area contributed by atoms with Crippen LogP contribution >= 0.6 is 11.6 Å². The van der Waals surface area contributed by atoms with Gasteiger partial charge in [0, 0.05) is 19.6 Å². The molecule has 5 nitrogen and oxygen atoms in total. The average Bonchev–Trinajstić information content (AvgIpc) is 2.98. The van der Waals surface area contributed by atoms with Crippen molar-refractivity contribution in [2.45, 2.75) is 31.8 Å². The Balaban J connectivity index is 1.89. The van der Waals surface area contributed by atoms with Gasteiger partial charge in [0.05, 0.1) is 17.0 Å². The summed E-state index contributed by atoms with van der Waals surface area (Å²) in [6.07, 6.45) is 1.29. The van der Waals surface area contributed by atoms with Crippen molar-refractivity contribution < 1.29 is 23.8 Å². The molecule has 1 fully saturated rings. The van der Waals surface area contributed by atoms with Crippen LogP contribution in [0.25, 0.3) is 0 Å². The average molecular weight is 344 g/mol. The molecular weight excluding hydrogens is 325 g/mol. The van der Waals surface area contributed by atoms with Gasteiger partial charge in [-0.3, -0.25) is 9.59 Å². The minimum absolute atomic E-state index is 0.0335. The number of aliphatic carboxylic acids is 1. The van der Waals surface area contributed by atoms with E-state index >= 15 is 0 Å². The molecule has 1 saturated heterocycles. The van der Waals surface area contributed by atoms with Gasteiger partial charge in [0.25, 0.3) is 0 Å². The SMILES string of the molecule is O=C(O)CCCCNC(=O)[C@@H]1CCO[C@H]1c1ccc(Cl)c(F)c1. The van der Waals surface area contributed by atoms with Gasteiger partial charge < -0.3 is 15.2 Å². The maximum Gasteiger partial charge on any atom is 0.303 e. The summed E-state index contributed by atoms with van der Waals surface area (Å²) in [4.78, 5) is 22.7. The Morgan fingerprint density at radius 3 is 2.87 bits per heavy atom. The van der Waals surface area contributed by atoms with Gasteiger partial charge in [0.2, 0.25) is 5.91 Å². The van der Waals surface area contributed by atoms with Crippen LogP contribution in [0, 0.1) is 11.7 Å². The molecule has 1 aliphatic heterocycles. The lowest BCUT2D eigenvalue weighted by Crippen LogP contribution is -2.33. The van der Waals surface area contributed by atoms with E-state index in [1.807, 2.05) is 0 Å². The van der Waals surface area contributed by atoms with Gasteiger partial charge in [-0.2, -0.15) is 0 Å². The molecule has 1 aliphatic rings. The van der Waals surface area contributed by atoms with E-state index < -0.39 is 17.9 Å². The van der Waals surface area contributed by atoms with Crippen LogP contribution in [-0.4, -0.2) is 30.1 Å². The van der Waals surface area contributed by atoms with E-state index in [0.29, 0.717) is 38.0 Å². The molecule has 0 aromatic heterocycles. The smallest absolute Gasteiger partial charge is 0.303 e. The van der Waals surface area contributed by atoms with E-state index in [4.69, 9.17) is 21.4 Å². The van der Waals surface area contributed by atoms with Crippen LogP contribution < -0.4 is 5.32 Å². The highest BCUT2D eigenvalue weighted by molar-refractivity contribution is 6.30. The number of halogens is 2. The first-order chi connectivity index (χ1) is 11.0. The highest BCUT2D eigenvalue weighted by atomic mass is 35.5. The normalized spacial score (nSPS) is 20.4. The van der Waals surface area contributed by atoms with Gasteiger partial charge in [-0.05, 0) is 37.0 Å². The van der Waals surface area contributed by atoms with Crippen LogP contribution in [0.4, 0.5) is 4.39 Å². The van der Waals surface area contributed by atoms with Crippen molar-refractivity contribution in [3.63, 3.8) is 0 Å². The Labute approximate surface area is 138 Å². The van der Waals surface area contributed by atoms with Gasteiger partial charge in [0.1, 0.15) is 5.82 Å². The molecule has 2 N–H and O–H groups in total. The number of ether oxygens (including phenoxy) is 1. The molecule has 2 atom stereocenters. The minimum Gasteiger partial charge on any atom is -0.481 e. The van der Waals surface area contributed by atoms with Gasteiger partial charge in [-0.15, -0.1) is 0 Å². The highest BCUT2D eigenvalue weighted by Gasteiger charge is 2.35. The number of carbonyl (C=O) groups is 2. The predicted molar refractivity (Wildman–Crippen MR) is 82.7 cm³/mol. The van der Waals surface area contributed by atoms with E-state index in [9.17, 15) is 14.0 Å². The second kappa shape index (κ2) is 8.26. The van der Waals surface area contributed by atoms with Gasteiger partial charge in [-0.1, -0.05) is 17.7 Å². The van der Waals surface area contributed by atoms with Crippen molar-refractivity contribution in [1.82, 2.24) is 5.32 Å². The molecule has 1 aromatic rings. The molecule has 1 aromatic carbocycles. The monoisotopic (exact) mass is 343 g/mol. The Bertz CT molecular complexity index is 581. The number of nitrogens with one attached hydrogen (secondary N) is 1. The second-order valence-electron chi connectivity index (χ2n) is 5.50. The van der Waals surface area contributed by atoms with E-state index in [0.717, 1.165) is 0 Å². The van der Waals surface area contributed by atoms with Crippen molar-refractivity contribution >= 4 is 23.5 Å². The van der Waals surface area contributed by atoms with Crippen LogP contribution in [0.1, 0.15) is 37.4 Å². The van der Waals surface area contributed by atoms with E-state index in [-0.39, 0.29) is 23.3 Å². The standard InChI is InChI=1S/C16H19ClFNO4/c17-12-5-4-10(9-13(12)18)15-11(6-8-23-15)16(22)19-7-2-1-3-14(20)21/h4-5,9,11,15H,1-3,6-8H2,(H,19,22)(H,20,21)/t11-,15+/m1/s1. The predicted octanol–water partition coefficient (Wildman–Crippen LogP) is 2.93. The summed E-state index contributed by atoms with van der Waals surface area (Å²) in [5.74, 6) is -1.91. The molecule has 0 aliphatic carbocycles. The van der Waals surface area contributed by atoms with Crippen molar-refractivity contribution in [2.24, 2.45) is 5.92 Å². The molecule has 23 heavy (non-hydrogen) atoms. The third kappa shape index (κ3) is 4.91. The molecule has 0 bridgehead atoms. The quantitative estimate of drug-likeness (QED) is 0.746. The number of carbonyl (C=O) groups excluding carboxylic acids is 1. The van der Waals surface area contributed by atoms with Gasteiger partial charge in [-0.25, -0.2) is 4.39 Å². The van der Waals surface area contributed by atoms with Gasteiger partial charge in [0.15, 0.2) is 0 Å². The van der Waals surface area contributed by atoms with Crippen LogP contribution in [0.3, 0.4) is 0 Å². The topological polar surface area (TPSA) is 75.6 Å². The van der Waals surface area contributed by atoms with Crippen LogP contribution in [-0.2, 0) is 14.3 Å². The number of rotatable bonds is 7. The van der Waals surface area contributed by atoms with Crippen LogP contribution in [0.2, 0.25) is 5.02 Å². The second-order valence-corrected chi connectivity index (χ2v) is 5.91. The zero-order valence-corrected chi connectivity index (χ0v) is 13.3. The first kappa shape index (κ1) is 17.7. The summed E-state index contributed by atoms with van der Waals surface area (Å²) in [7, 11) is 0. The van der Waals surface area contributed by atoms with Crippen LogP contribution in [0.15, 0.2) is 18.2 Å². The molecule has 0 radical (unpaired) electrons. The van der Waals surface area contributed by atoms with Crippen molar-refractivity contribution in [1.29, 1.82) is 0 Å². The van der Waals surface area contributed by atoms with Crippen LogP contribution in [0.5, 0.6) is 0 Å². The van der Waals surface area contributed by atoms with E-state index in [1.165, 1.54) is 12.1 Å². The number of hydrogen-bond donors (Lipinski definition) is 2. The number of unbranched alkanes of at least 4 members (excludes halogenated alkanes) is 1. The van der Waals surface area contributed by atoms with Gasteiger partial charge >= 0.3 is 5.97 Å². The molecule has 1 heterocycles. The highest BCUT2D eigenvalue weighted by Crippen LogP contribution is 2.35. The molecule has 0 saturated carbocycles. The maximum atomic E-state index is 13.6. The molecule has 0 unspecified atom stereocenters. The summed E-state index contributed by atoms with van der Waals surface area (Å²) < 4.78 is 19.2. The minimum atomic E-state index is -0.842. The number of benzene rings is 1. The number of hydrogen-bond acceptors (Lipinski definition) is 3. The Kier molecular flexibility index (Phi) is 6.36. The molecule has 0 spiro atoms. The number of carboxylic acid groups (broad SMARTS) is 1. The molecule has 1 amide bonds. The lowest BCUT2D eigenvalue weighted by atomic mass is 9.94. The van der Waals surface area contributed by atoms with E-state index in [2.05, 4.69) is 5.32 Å². The third-order valence-electron chi connectivity index (χ3n) is 3.82. The number of amides is 1. The fourth-order valence-corrected chi connectivity index (χ4v) is 2.74. The fraction of sp³-hybridized carbons (Fsp3) is 0.500. The molecule has 7 heteroatoms. The molecular formula is C16H19ClFNO4. The van der Waals surface area contributed by atoms with E-state index in [1.54, 1.807) is 6.07 Å². The summed E-state index contributed by atoms with van der Waals surface area (Å²) in [6, 6.07) is 4.41. The van der Waals surface area contributed by atoms with Crippen molar-refractivity contribution in [3.8, 4) is 0 Å². The third-order valence-corrected chi connectivity index (χ3v) is 4.12. The molecule has 2 rings (SSSR count). The summed E-state index contributed by atoms with van der Waals surface area (Å²) >= 11 is 5.67. The fourth-order valence-electron chi connectivity index (χ4n) is 2.62. The zero-order chi connectivity index (χ0) is 16.8.